The lowest BCUT2D eigenvalue weighted by Crippen LogP contribution is -2.45. The van der Waals surface area contributed by atoms with Crippen LogP contribution in [0.3, 0.4) is 0 Å². The highest BCUT2D eigenvalue weighted by atomic mass is 35.5. The second-order valence-electron chi connectivity index (χ2n) is 10.1. The Morgan fingerprint density at radius 1 is 1.26 bits per heavy atom. The molecule has 1 N–H and O–H groups in total. The molecule has 2 unspecified atom stereocenters. The number of ether oxygens (including phenoxy) is 2. The molecule has 0 bridgehead atoms. The first-order valence-electron chi connectivity index (χ1n) is 12.0. The molecule has 10 nitrogen and oxygen atoms in total. The number of Topliss-reactive ketones (excluding diaryl/α,β-unsaturated/α-hetero) is 1. The summed E-state index contributed by atoms with van der Waals surface area (Å²) in [6, 6.07) is 3.74. The van der Waals surface area contributed by atoms with Crippen molar-refractivity contribution in [3.63, 3.8) is 0 Å². The predicted molar refractivity (Wildman–Crippen MR) is 138 cm³/mol. The van der Waals surface area contributed by atoms with Crippen LogP contribution in [0.5, 0.6) is 5.75 Å². The average molecular weight is 595 g/mol. The van der Waals surface area contributed by atoms with Gasteiger partial charge in [0.25, 0.3) is 10.0 Å². The summed E-state index contributed by atoms with van der Waals surface area (Å²) in [5.41, 5.74) is -2.81. The number of nitrogens with one attached hydrogen (secondary N) is 1. The highest BCUT2D eigenvalue weighted by Crippen LogP contribution is 2.41. The molecule has 39 heavy (non-hydrogen) atoms. The Kier molecular flexibility index (Phi) is 8.51. The first kappa shape index (κ1) is 30.5. The van der Waals surface area contributed by atoms with Crippen molar-refractivity contribution in [3.05, 3.63) is 29.5 Å². The van der Waals surface area contributed by atoms with E-state index in [1.165, 1.54) is 36.0 Å². The number of anilines is 2. The van der Waals surface area contributed by atoms with E-state index in [1.807, 2.05) is 0 Å². The number of halogens is 4. The summed E-state index contributed by atoms with van der Waals surface area (Å²) in [5.74, 6) is -0.395. The van der Waals surface area contributed by atoms with Crippen LogP contribution in [0.25, 0.3) is 0 Å². The minimum absolute atomic E-state index is 0.00275. The summed E-state index contributed by atoms with van der Waals surface area (Å²) in [4.78, 5) is 23.8. The molecule has 1 aromatic carbocycles. The third-order valence-electron chi connectivity index (χ3n) is 6.23. The lowest BCUT2D eigenvalue weighted by molar-refractivity contribution is -0.242. The van der Waals surface area contributed by atoms with Crippen molar-refractivity contribution in [3.8, 4) is 5.75 Å². The average Bonchev–Trinajstić information content (AvgIpc) is 3.20. The van der Waals surface area contributed by atoms with Gasteiger partial charge in [-0.25, -0.2) is 13.2 Å². The van der Waals surface area contributed by atoms with E-state index >= 15 is 0 Å². The summed E-state index contributed by atoms with van der Waals surface area (Å²) < 4.78 is 80.0. The smallest absolute Gasteiger partial charge is 0.427 e. The van der Waals surface area contributed by atoms with E-state index in [2.05, 4.69) is 15.2 Å². The van der Waals surface area contributed by atoms with Crippen LogP contribution in [0.1, 0.15) is 54.0 Å². The van der Waals surface area contributed by atoms with E-state index in [0.717, 1.165) is 4.31 Å². The van der Waals surface area contributed by atoms with Gasteiger partial charge in [-0.05, 0) is 59.2 Å². The second kappa shape index (κ2) is 10.9. The molecule has 2 atom stereocenters. The lowest BCUT2D eigenvalue weighted by atomic mass is 9.99. The van der Waals surface area contributed by atoms with Crippen LogP contribution in [0.2, 0.25) is 5.15 Å². The molecule has 216 valence electrons. The molecule has 0 radical (unpaired) electrons. The molecular formula is C24H30ClF3N4O6S. The predicted octanol–water partition coefficient (Wildman–Crippen LogP) is 5.58. The molecule has 0 spiro atoms. The fourth-order valence-corrected chi connectivity index (χ4v) is 5.57. The maximum atomic E-state index is 13.8. The number of benzene rings is 1. The van der Waals surface area contributed by atoms with Gasteiger partial charge in [0.05, 0.1) is 12.2 Å². The molecule has 0 fully saturated rings. The van der Waals surface area contributed by atoms with Crippen LogP contribution in [0, 0.1) is 5.92 Å². The monoisotopic (exact) mass is 594 g/mol. The molecular weight excluding hydrogens is 565 g/mol. The Morgan fingerprint density at radius 2 is 1.90 bits per heavy atom. The van der Waals surface area contributed by atoms with Gasteiger partial charge in [-0.3, -0.25) is 19.1 Å². The zero-order chi connectivity index (χ0) is 29.5. The number of alkyl halides is 3. The topological polar surface area (TPSA) is 120 Å². The minimum Gasteiger partial charge on any atom is -0.486 e. The number of fused-ring (bicyclic) bond motifs is 1. The van der Waals surface area contributed by atoms with Crippen LogP contribution in [0.4, 0.5) is 29.3 Å². The van der Waals surface area contributed by atoms with E-state index in [4.69, 9.17) is 16.3 Å². The number of aromatic nitrogens is 2. The van der Waals surface area contributed by atoms with Crippen molar-refractivity contribution < 1.29 is 40.7 Å². The molecule has 0 saturated heterocycles. The Balaban J connectivity index is 2.01. The SMILES string of the molecule is CC(=O)C(C)CC1CN(S(=O)(=O)c2cn(C(C)C)nc2Cl)c2cc(NC(=O)OC(C)(C)C(F)(F)F)ccc2O1. The highest BCUT2D eigenvalue weighted by molar-refractivity contribution is 7.93. The summed E-state index contributed by atoms with van der Waals surface area (Å²) in [7, 11) is -4.34. The molecule has 1 aliphatic heterocycles. The summed E-state index contributed by atoms with van der Waals surface area (Å²) >= 11 is 6.20. The normalized spacial score (nSPS) is 16.9. The van der Waals surface area contributed by atoms with Crippen LogP contribution in [0.15, 0.2) is 29.3 Å². The van der Waals surface area contributed by atoms with Gasteiger partial charge in [-0.1, -0.05) is 18.5 Å². The van der Waals surface area contributed by atoms with Gasteiger partial charge in [0.2, 0.25) is 5.60 Å². The van der Waals surface area contributed by atoms with Crippen molar-refractivity contribution >= 4 is 44.9 Å². The van der Waals surface area contributed by atoms with Crippen LogP contribution < -0.4 is 14.4 Å². The van der Waals surface area contributed by atoms with Gasteiger partial charge < -0.3 is 9.47 Å². The van der Waals surface area contributed by atoms with E-state index in [0.29, 0.717) is 13.8 Å². The molecule has 2 heterocycles. The van der Waals surface area contributed by atoms with Gasteiger partial charge in [0.15, 0.2) is 5.15 Å². The quantitative estimate of drug-likeness (QED) is 0.424. The fraction of sp³-hybridized carbons (Fsp3) is 0.542. The van der Waals surface area contributed by atoms with Crippen molar-refractivity contribution in [1.29, 1.82) is 0 Å². The number of ketones is 1. The van der Waals surface area contributed by atoms with E-state index in [9.17, 15) is 31.2 Å². The van der Waals surface area contributed by atoms with Crippen molar-refractivity contribution in [2.75, 3.05) is 16.2 Å². The number of sulfonamides is 1. The molecule has 1 aliphatic rings. The molecule has 1 aromatic heterocycles. The van der Waals surface area contributed by atoms with Gasteiger partial charge in [0, 0.05) is 23.8 Å². The van der Waals surface area contributed by atoms with Gasteiger partial charge in [0.1, 0.15) is 22.5 Å². The van der Waals surface area contributed by atoms with Gasteiger partial charge in [-0.15, -0.1) is 0 Å². The summed E-state index contributed by atoms with van der Waals surface area (Å²) in [6.45, 7) is 7.90. The van der Waals surface area contributed by atoms with E-state index < -0.39 is 39.9 Å². The van der Waals surface area contributed by atoms with Gasteiger partial charge in [-0.2, -0.15) is 18.3 Å². The molecule has 0 aliphatic carbocycles. The first-order chi connectivity index (χ1) is 17.8. The highest BCUT2D eigenvalue weighted by Gasteiger charge is 2.51. The number of nitrogens with zero attached hydrogens (tertiary/aromatic N) is 3. The largest absolute Gasteiger partial charge is 0.486 e. The third kappa shape index (κ3) is 6.60. The van der Waals surface area contributed by atoms with Crippen molar-refractivity contribution in [2.45, 2.75) is 76.8 Å². The Labute approximate surface area is 229 Å². The lowest BCUT2D eigenvalue weighted by Gasteiger charge is -2.36. The minimum atomic E-state index is -4.81. The van der Waals surface area contributed by atoms with Crippen LogP contribution >= 0.6 is 11.6 Å². The molecule has 0 saturated carbocycles. The van der Waals surface area contributed by atoms with Gasteiger partial charge >= 0.3 is 12.3 Å². The Morgan fingerprint density at radius 3 is 2.44 bits per heavy atom. The van der Waals surface area contributed by atoms with Crippen LogP contribution in [-0.4, -0.2) is 54.5 Å². The number of hydrogen-bond donors (Lipinski definition) is 1. The van der Waals surface area contributed by atoms with Crippen LogP contribution in [-0.2, 0) is 19.6 Å². The summed E-state index contributed by atoms with van der Waals surface area (Å²) in [5, 5.41) is 6.01. The standard InChI is InChI=1S/C24H30ClF3N4O6S/c1-13(2)31-12-20(21(25)30-31)39(35,36)32-11-17(9-14(3)15(4)33)37-19-8-7-16(10-18(19)32)29-22(34)38-23(5,6)24(26,27)28/h7-8,10,12-14,17H,9,11H2,1-6H3,(H,29,34). The number of hydrogen-bond acceptors (Lipinski definition) is 7. The van der Waals surface area contributed by atoms with E-state index in [-0.39, 0.29) is 52.0 Å². The molecule has 1 amide bonds. The Hall–Kier alpha value is -3.00. The number of carbonyl (C=O) groups excluding carboxylic acids is 2. The Bertz CT molecular complexity index is 1360. The van der Waals surface area contributed by atoms with Crippen molar-refractivity contribution in [2.24, 2.45) is 5.92 Å². The zero-order valence-corrected chi connectivity index (χ0v) is 23.7. The second-order valence-corrected chi connectivity index (χ2v) is 12.3. The first-order valence-corrected chi connectivity index (χ1v) is 13.8. The maximum Gasteiger partial charge on any atom is 0.427 e. The number of amides is 1. The maximum absolute atomic E-state index is 13.8. The summed E-state index contributed by atoms with van der Waals surface area (Å²) in [6.07, 6.45) is -5.40. The van der Waals surface area contributed by atoms with E-state index in [1.54, 1.807) is 20.8 Å². The van der Waals surface area contributed by atoms with Crippen molar-refractivity contribution in [1.82, 2.24) is 9.78 Å². The molecule has 3 rings (SSSR count). The zero-order valence-electron chi connectivity index (χ0n) is 22.2. The third-order valence-corrected chi connectivity index (χ3v) is 8.40. The number of carbonyl (C=O) groups is 2. The number of rotatable bonds is 8. The fourth-order valence-electron chi connectivity index (χ4n) is 3.64. The molecule has 15 heteroatoms. The molecule has 2 aromatic rings.